The van der Waals surface area contributed by atoms with Crippen molar-refractivity contribution in [2.75, 3.05) is 30.3 Å². The standard InChI is InChI=1S/C11H17N7O/c1-2-12-9-15-10(13-5-4-8-19)17-11(16-9)18-7-3-6-14-18/h3,6-7,19H,2,4-5,8H2,1H3,(H2,12,13,15,16,17). The fraction of sp³-hybridized carbons (Fsp3) is 0.455. The summed E-state index contributed by atoms with van der Waals surface area (Å²) in [7, 11) is 0. The molecule has 2 heterocycles. The first-order valence-corrected chi connectivity index (χ1v) is 6.18. The van der Waals surface area contributed by atoms with E-state index < -0.39 is 0 Å². The number of hydrogen-bond acceptors (Lipinski definition) is 7. The molecule has 0 unspecified atom stereocenters. The zero-order valence-corrected chi connectivity index (χ0v) is 10.7. The van der Waals surface area contributed by atoms with Crippen LogP contribution in [0.25, 0.3) is 5.95 Å². The number of rotatable bonds is 7. The zero-order valence-electron chi connectivity index (χ0n) is 10.7. The van der Waals surface area contributed by atoms with Gasteiger partial charge in [0.15, 0.2) is 0 Å². The van der Waals surface area contributed by atoms with E-state index in [2.05, 4.69) is 30.7 Å². The van der Waals surface area contributed by atoms with E-state index >= 15 is 0 Å². The van der Waals surface area contributed by atoms with E-state index in [1.54, 1.807) is 23.1 Å². The molecule has 0 saturated carbocycles. The Bertz CT molecular complexity index is 500. The van der Waals surface area contributed by atoms with Crippen LogP contribution in [0.15, 0.2) is 18.5 Å². The minimum Gasteiger partial charge on any atom is -0.396 e. The molecule has 8 heteroatoms. The number of hydrogen-bond donors (Lipinski definition) is 3. The molecular weight excluding hydrogens is 246 g/mol. The summed E-state index contributed by atoms with van der Waals surface area (Å²) in [6, 6.07) is 1.80. The molecule has 0 amide bonds. The Hall–Kier alpha value is -2.22. The summed E-state index contributed by atoms with van der Waals surface area (Å²) in [5, 5.41) is 19.0. The Morgan fingerprint density at radius 2 is 2.00 bits per heavy atom. The third kappa shape index (κ3) is 3.62. The molecule has 0 saturated heterocycles. The molecule has 0 fully saturated rings. The summed E-state index contributed by atoms with van der Waals surface area (Å²) in [4.78, 5) is 12.8. The second-order valence-corrected chi connectivity index (χ2v) is 3.77. The van der Waals surface area contributed by atoms with Crippen molar-refractivity contribution >= 4 is 11.9 Å². The predicted octanol–water partition coefficient (Wildman–Crippen LogP) is 0.283. The highest BCUT2D eigenvalue weighted by atomic mass is 16.3. The molecule has 0 spiro atoms. The number of aliphatic hydroxyl groups is 1. The Morgan fingerprint density at radius 1 is 1.21 bits per heavy atom. The Kier molecular flexibility index (Phi) is 4.62. The van der Waals surface area contributed by atoms with Crippen LogP contribution in [0.3, 0.4) is 0 Å². The molecule has 8 nitrogen and oxygen atoms in total. The van der Waals surface area contributed by atoms with Gasteiger partial charge in [-0.15, -0.1) is 0 Å². The van der Waals surface area contributed by atoms with Crippen LogP contribution in [-0.2, 0) is 0 Å². The van der Waals surface area contributed by atoms with E-state index in [0.717, 1.165) is 6.54 Å². The van der Waals surface area contributed by atoms with Crippen LogP contribution >= 0.6 is 0 Å². The van der Waals surface area contributed by atoms with Gasteiger partial charge in [-0.25, -0.2) is 4.68 Å². The lowest BCUT2D eigenvalue weighted by Crippen LogP contribution is -2.13. The van der Waals surface area contributed by atoms with Gasteiger partial charge in [0.05, 0.1) is 0 Å². The third-order valence-electron chi connectivity index (χ3n) is 2.29. The number of aromatic nitrogens is 5. The topological polar surface area (TPSA) is 101 Å². The molecule has 0 aliphatic carbocycles. The van der Waals surface area contributed by atoms with Crippen molar-refractivity contribution in [3.63, 3.8) is 0 Å². The van der Waals surface area contributed by atoms with Crippen molar-refractivity contribution in [2.24, 2.45) is 0 Å². The Labute approximate surface area is 110 Å². The van der Waals surface area contributed by atoms with Gasteiger partial charge in [-0.05, 0) is 19.4 Å². The SMILES string of the molecule is CCNc1nc(NCCCO)nc(-n2cccn2)n1. The second-order valence-electron chi connectivity index (χ2n) is 3.77. The van der Waals surface area contributed by atoms with Gasteiger partial charge >= 0.3 is 0 Å². The Balaban J connectivity index is 2.22. The van der Waals surface area contributed by atoms with E-state index in [-0.39, 0.29) is 6.61 Å². The van der Waals surface area contributed by atoms with Crippen LogP contribution in [0.4, 0.5) is 11.9 Å². The smallest absolute Gasteiger partial charge is 0.257 e. The largest absolute Gasteiger partial charge is 0.396 e. The highest BCUT2D eigenvalue weighted by Gasteiger charge is 2.07. The van der Waals surface area contributed by atoms with Gasteiger partial charge in [0, 0.05) is 32.1 Å². The van der Waals surface area contributed by atoms with E-state index in [1.165, 1.54) is 0 Å². The van der Waals surface area contributed by atoms with Crippen LogP contribution < -0.4 is 10.6 Å². The molecule has 0 aliphatic rings. The third-order valence-corrected chi connectivity index (χ3v) is 2.29. The van der Waals surface area contributed by atoms with E-state index in [0.29, 0.717) is 30.8 Å². The van der Waals surface area contributed by atoms with Crippen LogP contribution in [0.1, 0.15) is 13.3 Å². The normalized spacial score (nSPS) is 10.4. The number of nitrogens with one attached hydrogen (secondary N) is 2. The predicted molar refractivity (Wildman–Crippen MR) is 71.3 cm³/mol. The van der Waals surface area contributed by atoms with Gasteiger partial charge in [0.2, 0.25) is 11.9 Å². The van der Waals surface area contributed by atoms with Crippen molar-refractivity contribution in [1.29, 1.82) is 0 Å². The molecule has 102 valence electrons. The van der Waals surface area contributed by atoms with E-state index in [9.17, 15) is 0 Å². The molecule has 0 atom stereocenters. The van der Waals surface area contributed by atoms with Gasteiger partial charge in [0.1, 0.15) is 0 Å². The minimum absolute atomic E-state index is 0.129. The summed E-state index contributed by atoms with van der Waals surface area (Å²) < 4.78 is 1.57. The highest BCUT2D eigenvalue weighted by Crippen LogP contribution is 2.08. The first kappa shape index (κ1) is 13.2. The maximum absolute atomic E-state index is 8.77. The lowest BCUT2D eigenvalue weighted by Gasteiger charge is -2.08. The first-order valence-electron chi connectivity index (χ1n) is 6.18. The minimum atomic E-state index is 0.129. The number of anilines is 2. The summed E-state index contributed by atoms with van der Waals surface area (Å²) >= 11 is 0. The van der Waals surface area contributed by atoms with Crippen molar-refractivity contribution in [2.45, 2.75) is 13.3 Å². The quantitative estimate of drug-likeness (QED) is 0.617. The average molecular weight is 263 g/mol. The molecule has 2 rings (SSSR count). The van der Waals surface area contributed by atoms with E-state index in [4.69, 9.17) is 5.11 Å². The first-order chi connectivity index (χ1) is 9.33. The summed E-state index contributed by atoms with van der Waals surface area (Å²) in [6.45, 7) is 3.42. The number of nitrogens with zero attached hydrogens (tertiary/aromatic N) is 5. The highest BCUT2D eigenvalue weighted by molar-refractivity contribution is 5.37. The lowest BCUT2D eigenvalue weighted by atomic mass is 10.4. The van der Waals surface area contributed by atoms with E-state index in [1.807, 2.05) is 6.92 Å². The van der Waals surface area contributed by atoms with Gasteiger partial charge in [-0.2, -0.15) is 20.1 Å². The molecule has 0 radical (unpaired) electrons. The average Bonchev–Trinajstić information content (AvgIpc) is 2.93. The van der Waals surface area contributed by atoms with Crippen LogP contribution in [0.2, 0.25) is 0 Å². The zero-order chi connectivity index (χ0) is 13.5. The molecule has 2 aromatic heterocycles. The van der Waals surface area contributed by atoms with Crippen molar-refractivity contribution < 1.29 is 5.11 Å². The van der Waals surface area contributed by atoms with Crippen molar-refractivity contribution in [1.82, 2.24) is 24.7 Å². The molecule has 3 N–H and O–H groups in total. The van der Waals surface area contributed by atoms with Crippen LogP contribution in [-0.4, -0.2) is 49.5 Å². The van der Waals surface area contributed by atoms with Crippen LogP contribution in [0.5, 0.6) is 0 Å². The molecule has 2 aromatic rings. The summed E-state index contributed by atoms with van der Waals surface area (Å²) in [5.74, 6) is 1.40. The maximum Gasteiger partial charge on any atom is 0.257 e. The van der Waals surface area contributed by atoms with Gasteiger partial charge < -0.3 is 15.7 Å². The van der Waals surface area contributed by atoms with Crippen molar-refractivity contribution in [3.8, 4) is 5.95 Å². The molecule has 19 heavy (non-hydrogen) atoms. The fourth-order valence-corrected chi connectivity index (χ4v) is 1.45. The molecule has 0 bridgehead atoms. The lowest BCUT2D eigenvalue weighted by molar-refractivity contribution is 0.292. The van der Waals surface area contributed by atoms with Crippen LogP contribution in [0, 0.1) is 0 Å². The van der Waals surface area contributed by atoms with Gasteiger partial charge in [0.25, 0.3) is 5.95 Å². The second kappa shape index (κ2) is 6.64. The molecule has 0 aliphatic heterocycles. The maximum atomic E-state index is 8.77. The number of aliphatic hydroxyl groups excluding tert-OH is 1. The van der Waals surface area contributed by atoms with Gasteiger partial charge in [-0.1, -0.05) is 0 Å². The molecular formula is C11H17N7O. The Morgan fingerprint density at radius 3 is 2.63 bits per heavy atom. The summed E-state index contributed by atoms with van der Waals surface area (Å²) in [6.07, 6.45) is 4.07. The van der Waals surface area contributed by atoms with Gasteiger partial charge in [-0.3, -0.25) is 0 Å². The fourth-order valence-electron chi connectivity index (χ4n) is 1.45. The monoisotopic (exact) mass is 263 g/mol. The van der Waals surface area contributed by atoms with Crippen molar-refractivity contribution in [3.05, 3.63) is 18.5 Å². The summed E-state index contributed by atoms with van der Waals surface area (Å²) in [5.41, 5.74) is 0. The molecule has 0 aromatic carbocycles.